The molecule has 6 rings (SSSR count). The van der Waals surface area contributed by atoms with Crippen LogP contribution in [0.2, 0.25) is 0 Å². The van der Waals surface area contributed by atoms with Crippen molar-refractivity contribution in [1.82, 2.24) is 10.6 Å². The molecule has 1 aromatic heterocycles. The van der Waals surface area contributed by atoms with Gasteiger partial charge >= 0.3 is 0 Å². The van der Waals surface area contributed by atoms with Gasteiger partial charge in [0, 0.05) is 35.6 Å². The standard InChI is InChI=1S/C33H35N5O4S/c1-17-16-20(42-19-8-4-3-5-9-19)12-13-21(17)33(36)22-14-15-23(34)29-26(22)27(28(35)31(33)40)30(43-29)32(41)38-25-11-7-6-10-24(25)37-18(2)39/h3-5,8-9,12-16,24-25,28H,6-7,10-11,34-36H2,1-2H3,(H,37,39)(H,38,41)/t24-,25-,28?,33?/m1/s1. The predicted molar refractivity (Wildman–Crippen MR) is 168 cm³/mol. The molecule has 0 spiro atoms. The van der Waals surface area contributed by atoms with Crippen LogP contribution in [-0.4, -0.2) is 29.7 Å². The Labute approximate surface area is 253 Å². The largest absolute Gasteiger partial charge is 0.457 e. The number of ether oxygens (including phenoxy) is 1. The van der Waals surface area contributed by atoms with Gasteiger partial charge in [-0.15, -0.1) is 11.3 Å². The average Bonchev–Trinajstić information content (AvgIpc) is 3.39. The molecule has 2 aliphatic rings. The minimum Gasteiger partial charge on any atom is -0.457 e. The Kier molecular flexibility index (Phi) is 7.45. The van der Waals surface area contributed by atoms with Crippen molar-refractivity contribution in [2.24, 2.45) is 11.5 Å². The lowest BCUT2D eigenvalue weighted by Gasteiger charge is -2.37. The molecule has 4 atom stereocenters. The first-order valence-corrected chi connectivity index (χ1v) is 15.3. The van der Waals surface area contributed by atoms with Gasteiger partial charge in [-0.2, -0.15) is 0 Å². The van der Waals surface area contributed by atoms with Crippen LogP contribution in [-0.2, 0) is 15.1 Å². The molecule has 43 heavy (non-hydrogen) atoms. The average molecular weight is 598 g/mol. The van der Waals surface area contributed by atoms with Gasteiger partial charge in [-0.3, -0.25) is 14.4 Å². The van der Waals surface area contributed by atoms with E-state index in [1.165, 1.54) is 18.3 Å². The normalized spacial score (nSPS) is 23.2. The molecule has 222 valence electrons. The maximum atomic E-state index is 14.2. The second kappa shape index (κ2) is 11.1. The van der Waals surface area contributed by atoms with Crippen LogP contribution in [0.4, 0.5) is 5.69 Å². The molecule has 9 nitrogen and oxygen atoms in total. The molecule has 0 radical (unpaired) electrons. The van der Waals surface area contributed by atoms with Crippen molar-refractivity contribution in [1.29, 1.82) is 0 Å². The molecule has 0 bridgehead atoms. The van der Waals surface area contributed by atoms with Crippen LogP contribution >= 0.6 is 11.3 Å². The maximum absolute atomic E-state index is 14.2. The lowest BCUT2D eigenvalue weighted by molar-refractivity contribution is -0.124. The van der Waals surface area contributed by atoms with Crippen molar-refractivity contribution in [3.05, 3.63) is 87.8 Å². The van der Waals surface area contributed by atoms with E-state index in [9.17, 15) is 14.4 Å². The molecule has 2 unspecified atom stereocenters. The van der Waals surface area contributed by atoms with Gasteiger partial charge in [-0.25, -0.2) is 0 Å². The van der Waals surface area contributed by atoms with E-state index in [0.29, 0.717) is 48.8 Å². The minimum atomic E-state index is -1.57. The van der Waals surface area contributed by atoms with Crippen molar-refractivity contribution in [3.8, 4) is 11.5 Å². The summed E-state index contributed by atoms with van der Waals surface area (Å²) in [5.74, 6) is 0.421. The van der Waals surface area contributed by atoms with Crippen LogP contribution in [0.3, 0.4) is 0 Å². The number of carbonyl (C=O) groups is 3. The van der Waals surface area contributed by atoms with E-state index in [-0.39, 0.29) is 23.9 Å². The summed E-state index contributed by atoms with van der Waals surface area (Å²) in [5.41, 5.74) is 21.5. The Balaban J connectivity index is 1.41. The van der Waals surface area contributed by atoms with Gasteiger partial charge in [-0.05, 0) is 66.8 Å². The number of hydrogen-bond donors (Lipinski definition) is 5. The highest BCUT2D eigenvalue weighted by molar-refractivity contribution is 7.21. The fourth-order valence-corrected chi connectivity index (χ4v) is 7.77. The molecule has 1 saturated carbocycles. The fraction of sp³-hybridized carbons (Fsp3) is 0.303. The van der Waals surface area contributed by atoms with Crippen LogP contribution < -0.4 is 32.6 Å². The zero-order chi connectivity index (χ0) is 30.5. The van der Waals surface area contributed by atoms with Gasteiger partial charge in [0.25, 0.3) is 5.91 Å². The van der Waals surface area contributed by atoms with Crippen molar-refractivity contribution < 1.29 is 19.1 Å². The van der Waals surface area contributed by atoms with E-state index in [1.54, 1.807) is 24.3 Å². The van der Waals surface area contributed by atoms with Crippen molar-refractivity contribution >= 4 is 44.7 Å². The summed E-state index contributed by atoms with van der Waals surface area (Å²) in [6.45, 7) is 3.36. The number of benzene rings is 3. The van der Waals surface area contributed by atoms with E-state index >= 15 is 0 Å². The monoisotopic (exact) mass is 597 g/mol. The summed E-state index contributed by atoms with van der Waals surface area (Å²) in [6.07, 6.45) is 3.44. The molecular formula is C33H35N5O4S. The second-order valence-electron chi connectivity index (χ2n) is 11.5. The molecule has 4 aromatic rings. The maximum Gasteiger partial charge on any atom is 0.262 e. The fourth-order valence-electron chi connectivity index (χ4n) is 6.57. The molecule has 0 saturated heterocycles. The molecule has 3 aromatic carbocycles. The van der Waals surface area contributed by atoms with Crippen LogP contribution in [0.25, 0.3) is 10.1 Å². The number of hydrogen-bond acceptors (Lipinski definition) is 8. The highest BCUT2D eigenvalue weighted by Gasteiger charge is 2.49. The SMILES string of the molecule is CC(=O)N[C@@H]1CCCC[C@H]1NC(=O)c1sc2c(N)ccc3c2c1C(N)C(=O)C3(N)c1ccc(Oc2ccccc2)cc1C. The number of ketones is 1. The van der Waals surface area contributed by atoms with E-state index in [1.807, 2.05) is 43.3 Å². The minimum absolute atomic E-state index is 0.137. The number of nitrogens with one attached hydrogen (secondary N) is 2. The topological polar surface area (TPSA) is 163 Å². The summed E-state index contributed by atoms with van der Waals surface area (Å²) < 4.78 is 6.67. The Morgan fingerprint density at radius 2 is 1.63 bits per heavy atom. The molecule has 2 aliphatic carbocycles. The summed E-state index contributed by atoms with van der Waals surface area (Å²) in [7, 11) is 0. The van der Waals surface area contributed by atoms with Crippen molar-refractivity contribution in [3.63, 3.8) is 0 Å². The van der Waals surface area contributed by atoms with E-state index in [0.717, 1.165) is 31.2 Å². The number of rotatable bonds is 6. The molecule has 10 heteroatoms. The predicted octanol–water partition coefficient (Wildman–Crippen LogP) is 4.55. The first-order chi connectivity index (χ1) is 20.6. The van der Waals surface area contributed by atoms with Crippen LogP contribution in [0.15, 0.2) is 60.7 Å². The highest BCUT2D eigenvalue weighted by atomic mass is 32.1. The lowest BCUT2D eigenvalue weighted by atomic mass is 9.69. The molecular weight excluding hydrogens is 562 g/mol. The van der Waals surface area contributed by atoms with E-state index < -0.39 is 17.4 Å². The number of carbonyl (C=O) groups excluding carboxylic acids is 3. The Bertz CT molecular complexity index is 1750. The Hall–Kier alpha value is -4.25. The smallest absolute Gasteiger partial charge is 0.262 e. The Morgan fingerprint density at radius 1 is 0.953 bits per heavy atom. The number of nitrogen functional groups attached to an aromatic ring is 1. The first kappa shape index (κ1) is 28.9. The molecule has 8 N–H and O–H groups in total. The number of amides is 2. The lowest BCUT2D eigenvalue weighted by Crippen LogP contribution is -2.54. The second-order valence-corrected chi connectivity index (χ2v) is 12.5. The first-order valence-electron chi connectivity index (χ1n) is 14.5. The van der Waals surface area contributed by atoms with Crippen LogP contribution in [0, 0.1) is 6.92 Å². The number of para-hydroxylation sites is 1. The number of Topliss-reactive ketones (excluding diaryl/α,β-unsaturated/α-hetero) is 1. The third kappa shape index (κ3) is 4.95. The zero-order valence-electron chi connectivity index (χ0n) is 24.1. The number of thiophene rings is 1. The van der Waals surface area contributed by atoms with Crippen molar-refractivity contribution in [2.45, 2.75) is 63.2 Å². The zero-order valence-corrected chi connectivity index (χ0v) is 24.9. The van der Waals surface area contributed by atoms with Gasteiger partial charge in [0.2, 0.25) is 5.91 Å². The third-order valence-corrected chi connectivity index (χ3v) is 9.85. The quantitative estimate of drug-likeness (QED) is 0.204. The van der Waals surface area contributed by atoms with Gasteiger partial charge in [0.05, 0.1) is 15.6 Å². The van der Waals surface area contributed by atoms with E-state index in [4.69, 9.17) is 21.9 Å². The molecule has 1 fully saturated rings. The summed E-state index contributed by atoms with van der Waals surface area (Å²) >= 11 is 1.22. The molecule has 0 aliphatic heterocycles. The number of aryl methyl sites for hydroxylation is 1. The number of anilines is 1. The van der Waals surface area contributed by atoms with Crippen LogP contribution in [0.1, 0.15) is 70.6 Å². The molecule has 1 heterocycles. The summed E-state index contributed by atoms with van der Waals surface area (Å²) in [5, 5.41) is 6.73. The third-order valence-electron chi connectivity index (χ3n) is 8.59. The summed E-state index contributed by atoms with van der Waals surface area (Å²) in [6, 6.07) is 16.8. The van der Waals surface area contributed by atoms with Gasteiger partial charge < -0.3 is 32.6 Å². The van der Waals surface area contributed by atoms with Gasteiger partial charge in [0.1, 0.15) is 17.0 Å². The molecule has 2 amide bonds. The van der Waals surface area contributed by atoms with E-state index in [2.05, 4.69) is 10.6 Å². The van der Waals surface area contributed by atoms with Gasteiger partial charge in [-0.1, -0.05) is 43.2 Å². The van der Waals surface area contributed by atoms with Gasteiger partial charge in [0.15, 0.2) is 5.78 Å². The summed E-state index contributed by atoms with van der Waals surface area (Å²) in [4.78, 5) is 40.1. The number of nitrogens with two attached hydrogens (primary N) is 3. The van der Waals surface area contributed by atoms with Crippen molar-refractivity contribution in [2.75, 3.05) is 5.73 Å². The van der Waals surface area contributed by atoms with Crippen LogP contribution in [0.5, 0.6) is 11.5 Å². The Morgan fingerprint density at radius 3 is 2.30 bits per heavy atom. The highest BCUT2D eigenvalue weighted by Crippen LogP contribution is 2.50.